The van der Waals surface area contributed by atoms with Crippen molar-refractivity contribution in [2.45, 2.75) is 19.4 Å². The van der Waals surface area contributed by atoms with Crippen LogP contribution in [0, 0.1) is 0 Å². The Labute approximate surface area is 129 Å². The number of nitrogens with one attached hydrogen (secondary N) is 1. The monoisotopic (exact) mass is 294 g/mol. The Morgan fingerprint density at radius 3 is 2.55 bits per heavy atom. The molecule has 0 saturated heterocycles. The number of aliphatic imine (C=N–C) groups is 1. The summed E-state index contributed by atoms with van der Waals surface area (Å²) in [4.78, 5) is 15.5. The van der Waals surface area contributed by atoms with E-state index in [9.17, 15) is 4.79 Å². The van der Waals surface area contributed by atoms with Gasteiger partial charge in [0.15, 0.2) is 0 Å². The average Bonchev–Trinajstić information content (AvgIpc) is 2.56. The Hall–Kier alpha value is -2.62. The molecule has 4 heteroatoms. The van der Waals surface area contributed by atoms with Crippen LogP contribution in [0.2, 0.25) is 0 Å². The number of rotatable bonds is 3. The van der Waals surface area contributed by atoms with Crippen molar-refractivity contribution in [3.05, 3.63) is 65.7 Å². The maximum absolute atomic E-state index is 11.0. The summed E-state index contributed by atoms with van der Waals surface area (Å²) in [5, 5.41) is 2.75. The van der Waals surface area contributed by atoms with Gasteiger partial charge in [0.25, 0.3) is 0 Å². The van der Waals surface area contributed by atoms with E-state index in [-0.39, 0.29) is 12.0 Å². The highest BCUT2D eigenvalue weighted by Gasteiger charge is 2.20. The molecule has 1 heterocycles. The molecule has 112 valence electrons. The average molecular weight is 294 g/mol. The molecule has 1 aliphatic heterocycles. The van der Waals surface area contributed by atoms with E-state index >= 15 is 0 Å². The van der Waals surface area contributed by atoms with Crippen LogP contribution in [-0.4, -0.2) is 18.3 Å². The van der Waals surface area contributed by atoms with Crippen LogP contribution in [0.4, 0.5) is 5.69 Å². The molecule has 0 bridgehead atoms. The quantitative estimate of drug-likeness (QED) is 0.941. The van der Waals surface area contributed by atoms with Gasteiger partial charge in [0.2, 0.25) is 11.8 Å². The lowest BCUT2D eigenvalue weighted by molar-refractivity contribution is -0.114. The molecule has 1 amide bonds. The highest BCUT2D eigenvalue weighted by molar-refractivity contribution is 5.95. The number of amides is 1. The molecule has 2 aromatic carbocycles. The van der Waals surface area contributed by atoms with Crippen molar-refractivity contribution in [3.63, 3.8) is 0 Å². The fourth-order valence-corrected chi connectivity index (χ4v) is 2.48. The Morgan fingerprint density at radius 1 is 1.14 bits per heavy atom. The van der Waals surface area contributed by atoms with Gasteiger partial charge in [0.05, 0.1) is 0 Å². The first-order chi connectivity index (χ1) is 10.7. The first kappa shape index (κ1) is 14.3. The number of nitrogens with zero attached hydrogens (tertiary/aromatic N) is 1. The lowest BCUT2D eigenvalue weighted by Crippen LogP contribution is -2.19. The summed E-state index contributed by atoms with van der Waals surface area (Å²) in [7, 11) is 0. The topological polar surface area (TPSA) is 50.7 Å². The van der Waals surface area contributed by atoms with E-state index in [2.05, 4.69) is 22.4 Å². The molecule has 0 radical (unpaired) electrons. The summed E-state index contributed by atoms with van der Waals surface area (Å²) in [6.07, 6.45) is 0.932. The van der Waals surface area contributed by atoms with E-state index in [0.717, 1.165) is 24.2 Å². The normalized spacial score (nSPS) is 17.3. The number of hydrogen-bond acceptors (Lipinski definition) is 3. The minimum atomic E-state index is -0.0804. The van der Waals surface area contributed by atoms with Crippen LogP contribution in [0.25, 0.3) is 0 Å². The maximum atomic E-state index is 11.0. The van der Waals surface area contributed by atoms with Crippen LogP contribution in [0.5, 0.6) is 0 Å². The zero-order valence-electron chi connectivity index (χ0n) is 12.5. The van der Waals surface area contributed by atoms with Crippen molar-refractivity contribution < 1.29 is 9.53 Å². The van der Waals surface area contributed by atoms with E-state index in [1.807, 2.05) is 42.5 Å². The number of ether oxygens (including phenoxy) is 1. The van der Waals surface area contributed by atoms with Crippen LogP contribution in [0.1, 0.15) is 30.6 Å². The SMILES string of the molecule is CC(=O)Nc1ccc(C2=NCCC(c3ccccc3)O2)cc1. The Morgan fingerprint density at radius 2 is 1.86 bits per heavy atom. The molecule has 0 aromatic heterocycles. The minimum Gasteiger partial charge on any atom is -0.469 e. The van der Waals surface area contributed by atoms with Gasteiger partial charge in [-0.1, -0.05) is 30.3 Å². The van der Waals surface area contributed by atoms with Gasteiger partial charge in [-0.3, -0.25) is 9.79 Å². The standard InChI is InChI=1S/C18H18N2O2/c1-13(21)20-16-9-7-15(8-10-16)18-19-12-11-17(22-18)14-5-3-2-4-6-14/h2-10,17H,11-12H2,1H3,(H,20,21). The summed E-state index contributed by atoms with van der Waals surface area (Å²) in [6, 6.07) is 17.7. The molecule has 1 unspecified atom stereocenters. The van der Waals surface area contributed by atoms with Gasteiger partial charge in [0.1, 0.15) is 6.10 Å². The third-order valence-electron chi connectivity index (χ3n) is 3.52. The fourth-order valence-electron chi connectivity index (χ4n) is 2.48. The molecule has 0 fully saturated rings. The number of carbonyl (C=O) groups excluding carboxylic acids is 1. The molecular formula is C18H18N2O2. The zero-order valence-corrected chi connectivity index (χ0v) is 12.5. The van der Waals surface area contributed by atoms with Crippen molar-refractivity contribution in [2.24, 2.45) is 4.99 Å². The lowest BCUT2D eigenvalue weighted by Gasteiger charge is -2.24. The third kappa shape index (κ3) is 3.34. The van der Waals surface area contributed by atoms with Crippen LogP contribution in [0.3, 0.4) is 0 Å². The van der Waals surface area contributed by atoms with Gasteiger partial charge in [-0.2, -0.15) is 0 Å². The summed E-state index contributed by atoms with van der Waals surface area (Å²) < 4.78 is 6.04. The molecule has 22 heavy (non-hydrogen) atoms. The predicted octanol–water partition coefficient (Wildman–Crippen LogP) is 3.55. The first-order valence-corrected chi connectivity index (χ1v) is 7.36. The van der Waals surface area contributed by atoms with Gasteiger partial charge in [-0.25, -0.2) is 0 Å². The molecule has 1 N–H and O–H groups in total. The van der Waals surface area contributed by atoms with Crippen molar-refractivity contribution in [3.8, 4) is 0 Å². The number of hydrogen-bond donors (Lipinski definition) is 1. The number of anilines is 1. The summed E-state index contributed by atoms with van der Waals surface area (Å²) in [6.45, 7) is 2.25. The van der Waals surface area contributed by atoms with Crippen LogP contribution < -0.4 is 5.32 Å². The highest BCUT2D eigenvalue weighted by Crippen LogP contribution is 2.26. The zero-order chi connectivity index (χ0) is 15.4. The molecule has 0 spiro atoms. The van der Waals surface area contributed by atoms with Crippen molar-refractivity contribution in [2.75, 3.05) is 11.9 Å². The molecule has 0 saturated carbocycles. The van der Waals surface area contributed by atoms with Gasteiger partial charge in [-0.05, 0) is 29.8 Å². The predicted molar refractivity (Wildman–Crippen MR) is 87.0 cm³/mol. The van der Waals surface area contributed by atoms with E-state index in [0.29, 0.717) is 5.90 Å². The second-order valence-electron chi connectivity index (χ2n) is 5.25. The smallest absolute Gasteiger partial charge is 0.221 e. The molecule has 3 rings (SSSR count). The van der Waals surface area contributed by atoms with Crippen LogP contribution in [-0.2, 0) is 9.53 Å². The molecule has 1 atom stereocenters. The molecule has 0 aliphatic carbocycles. The lowest BCUT2D eigenvalue weighted by atomic mass is 10.1. The van der Waals surface area contributed by atoms with Gasteiger partial charge in [-0.15, -0.1) is 0 Å². The Bertz CT molecular complexity index is 678. The van der Waals surface area contributed by atoms with E-state index in [4.69, 9.17) is 4.74 Å². The van der Waals surface area contributed by atoms with Crippen molar-refractivity contribution in [1.29, 1.82) is 0 Å². The summed E-state index contributed by atoms with van der Waals surface area (Å²) in [5.41, 5.74) is 2.87. The van der Waals surface area contributed by atoms with Gasteiger partial charge < -0.3 is 10.1 Å². The van der Waals surface area contributed by atoms with Crippen molar-refractivity contribution in [1.82, 2.24) is 0 Å². The molecule has 4 nitrogen and oxygen atoms in total. The molecular weight excluding hydrogens is 276 g/mol. The minimum absolute atomic E-state index is 0.0451. The van der Waals surface area contributed by atoms with Gasteiger partial charge in [0, 0.05) is 31.1 Å². The third-order valence-corrected chi connectivity index (χ3v) is 3.52. The Balaban J connectivity index is 1.74. The Kier molecular flexibility index (Phi) is 4.19. The molecule has 1 aliphatic rings. The summed E-state index contributed by atoms with van der Waals surface area (Å²) >= 11 is 0. The second-order valence-corrected chi connectivity index (χ2v) is 5.25. The fraction of sp³-hybridized carbons (Fsp3) is 0.222. The van der Waals surface area contributed by atoms with Crippen LogP contribution >= 0.6 is 0 Å². The van der Waals surface area contributed by atoms with Crippen molar-refractivity contribution >= 4 is 17.5 Å². The highest BCUT2D eigenvalue weighted by atomic mass is 16.5. The second kappa shape index (κ2) is 6.43. The maximum Gasteiger partial charge on any atom is 0.221 e. The number of carbonyl (C=O) groups is 1. The number of benzene rings is 2. The van der Waals surface area contributed by atoms with E-state index in [1.165, 1.54) is 12.5 Å². The van der Waals surface area contributed by atoms with E-state index < -0.39 is 0 Å². The molecule has 2 aromatic rings. The largest absolute Gasteiger partial charge is 0.469 e. The van der Waals surface area contributed by atoms with Gasteiger partial charge >= 0.3 is 0 Å². The van der Waals surface area contributed by atoms with E-state index in [1.54, 1.807) is 0 Å². The van der Waals surface area contributed by atoms with Crippen LogP contribution in [0.15, 0.2) is 59.6 Å². The first-order valence-electron chi connectivity index (χ1n) is 7.36. The summed E-state index contributed by atoms with van der Waals surface area (Å²) in [5.74, 6) is 0.581.